The summed E-state index contributed by atoms with van der Waals surface area (Å²) in [5.41, 5.74) is -1.53. The number of carbonyl (C=O) groups is 1. The third kappa shape index (κ3) is 9.19. The number of hydrazine groups is 1. The highest BCUT2D eigenvalue weighted by Crippen LogP contribution is 2.56. The summed E-state index contributed by atoms with van der Waals surface area (Å²) in [7, 11) is -7.84. The fourth-order valence-electron chi connectivity index (χ4n) is 8.59. The van der Waals surface area contributed by atoms with Gasteiger partial charge in [-0.15, -0.1) is 0 Å². The van der Waals surface area contributed by atoms with Crippen molar-refractivity contribution in [1.82, 2.24) is 30.5 Å². The van der Waals surface area contributed by atoms with Gasteiger partial charge in [-0.05, 0) is 93.3 Å². The molecule has 66 heavy (non-hydrogen) atoms. The number of sulfonamides is 1. The minimum atomic E-state index is -4.08. The summed E-state index contributed by atoms with van der Waals surface area (Å²) in [4.78, 5) is 19.0. The van der Waals surface area contributed by atoms with Gasteiger partial charge in [-0.2, -0.15) is 13.9 Å². The lowest BCUT2D eigenvalue weighted by molar-refractivity contribution is -0.125. The van der Waals surface area contributed by atoms with Crippen LogP contribution in [0.5, 0.6) is 0 Å². The Hall–Kier alpha value is -4.98. The Kier molecular flexibility index (Phi) is 12.8. The van der Waals surface area contributed by atoms with E-state index in [1.807, 2.05) is 0 Å². The van der Waals surface area contributed by atoms with Crippen LogP contribution in [0, 0.1) is 35.3 Å². The molecule has 0 spiro atoms. The molecule has 2 aliphatic carbocycles. The number of nitrogens with one attached hydrogen (secondary N) is 3. The fourth-order valence-corrected chi connectivity index (χ4v) is 11.1. The average molecular weight is 990 g/mol. The normalized spacial score (nSPS) is 21.4. The van der Waals surface area contributed by atoms with Gasteiger partial charge in [0.2, 0.25) is 15.9 Å². The summed E-state index contributed by atoms with van der Waals surface area (Å²) in [6, 6.07) is 6.29. The monoisotopic (exact) mass is 989 g/mol. The van der Waals surface area contributed by atoms with E-state index in [4.69, 9.17) is 16.6 Å². The van der Waals surface area contributed by atoms with Gasteiger partial charge in [-0.3, -0.25) is 19.2 Å². The summed E-state index contributed by atoms with van der Waals surface area (Å²) in [5, 5.41) is 6.52. The van der Waals surface area contributed by atoms with E-state index >= 15 is 8.78 Å². The Labute approximate surface area is 380 Å². The van der Waals surface area contributed by atoms with Crippen LogP contribution in [0.3, 0.4) is 0 Å². The van der Waals surface area contributed by atoms with Gasteiger partial charge in [-0.25, -0.2) is 53.6 Å². The number of benzene rings is 2. The Morgan fingerprint density at radius 1 is 1.02 bits per heavy atom. The molecule has 1 unspecified atom stereocenters. The first-order valence-corrected chi connectivity index (χ1v) is 24.3. The zero-order valence-corrected chi connectivity index (χ0v) is 38.5. The van der Waals surface area contributed by atoms with E-state index in [2.05, 4.69) is 32.4 Å². The van der Waals surface area contributed by atoms with Gasteiger partial charge in [0.15, 0.2) is 15.7 Å². The van der Waals surface area contributed by atoms with Crippen molar-refractivity contribution in [2.24, 2.45) is 11.8 Å². The SMILES string of the molecule is C[C@@H]1C2=C(N(CC(=O)N[C@@H](Cc3cc(F)cc(F)c3)c3nc(C#CC(C)(C)S(=O)(=O)C4CC4)ccc3-c3ccc(Cl)c4c(NS(C)(=O)=O)nn(CC(F)F)c34)NC2(C)C(F)F)C(F)(F)[C@@H]1C. The number of sulfone groups is 1. The second-order valence-corrected chi connectivity index (χ2v) is 22.4. The van der Waals surface area contributed by atoms with Crippen molar-refractivity contribution >= 4 is 54.1 Å². The van der Waals surface area contributed by atoms with E-state index < -0.39 is 121 Å². The second kappa shape index (κ2) is 17.3. The average Bonchev–Trinajstić information content (AvgIpc) is 3.91. The van der Waals surface area contributed by atoms with Crippen molar-refractivity contribution < 1.29 is 56.8 Å². The first-order valence-electron chi connectivity index (χ1n) is 20.5. The maximum absolute atomic E-state index is 15.9. The standard InChI is InChI=1S/C43H44ClF8N7O5S2/c1-21-22(2)43(51,52)38-35(21)42(5,40(49)50)57-59(38)20-33(60)54-31(17-23-15-24(45)18-25(46)16-23)36-28(10-7-26(53-36)13-14-41(3,4)66(63,64)27-8-9-27)29-11-12-30(44)34-37(29)58(19-32(47)48)55-39(34)56-65(6,61)62/h7,10-12,15-16,18,21-22,27,31-32,40,57H,8-9,17,19-20H2,1-6H3,(H,54,60)(H,55,56)/t21-,22+,31-,42?/m0/s1. The first kappa shape index (κ1) is 48.9. The number of amides is 1. The molecule has 3 aliphatic rings. The fraction of sp³-hybridized carbons (Fsp3) is 0.465. The van der Waals surface area contributed by atoms with Gasteiger partial charge in [-0.1, -0.05) is 37.4 Å². The molecule has 3 heterocycles. The van der Waals surface area contributed by atoms with E-state index in [0.29, 0.717) is 23.9 Å². The number of allylic oxidation sites excluding steroid dienone is 1. The molecule has 7 rings (SSSR count). The molecule has 23 heteroatoms. The number of rotatable bonds is 14. The van der Waals surface area contributed by atoms with Crippen molar-refractivity contribution in [2.75, 3.05) is 17.5 Å². The topological polar surface area (TPSA) is 155 Å². The predicted octanol–water partition coefficient (Wildman–Crippen LogP) is 7.79. The highest BCUT2D eigenvalue weighted by molar-refractivity contribution is 7.93. The van der Waals surface area contributed by atoms with E-state index in [-0.39, 0.29) is 49.6 Å². The Balaban J connectivity index is 1.43. The van der Waals surface area contributed by atoms with Gasteiger partial charge in [0.05, 0.1) is 39.2 Å². The molecule has 0 radical (unpaired) electrons. The number of fused-ring (bicyclic) bond motifs is 1. The van der Waals surface area contributed by atoms with Crippen LogP contribution < -0.4 is 15.5 Å². The molecule has 1 amide bonds. The predicted molar refractivity (Wildman–Crippen MR) is 231 cm³/mol. The van der Waals surface area contributed by atoms with Crippen LogP contribution in [0.15, 0.2) is 53.7 Å². The molecule has 12 nitrogen and oxygen atoms in total. The van der Waals surface area contributed by atoms with Gasteiger partial charge in [0, 0.05) is 23.1 Å². The van der Waals surface area contributed by atoms with Gasteiger partial charge in [0.25, 0.3) is 18.8 Å². The number of pyridine rings is 1. The molecule has 0 bridgehead atoms. The molecule has 4 aromatic rings. The van der Waals surface area contributed by atoms with E-state index in [1.165, 1.54) is 52.0 Å². The Morgan fingerprint density at radius 3 is 2.24 bits per heavy atom. The zero-order valence-electron chi connectivity index (χ0n) is 36.1. The lowest BCUT2D eigenvalue weighted by Crippen LogP contribution is -2.56. The molecule has 4 atom stereocenters. The number of anilines is 1. The highest BCUT2D eigenvalue weighted by Gasteiger charge is 2.64. The number of aromatic nitrogens is 3. The van der Waals surface area contributed by atoms with Crippen molar-refractivity contribution in [1.29, 1.82) is 0 Å². The van der Waals surface area contributed by atoms with Crippen LogP contribution in [-0.4, -0.2) is 89.6 Å². The largest absolute Gasteiger partial charge is 0.346 e. The quantitative estimate of drug-likeness (QED) is 0.0849. The Morgan fingerprint density at radius 2 is 1.65 bits per heavy atom. The van der Waals surface area contributed by atoms with Gasteiger partial charge in [0.1, 0.15) is 46.4 Å². The van der Waals surface area contributed by atoms with E-state index in [9.17, 15) is 48.0 Å². The number of halogens is 9. The summed E-state index contributed by atoms with van der Waals surface area (Å²) in [6.07, 6.45) is -5.05. The lowest BCUT2D eigenvalue weighted by atomic mass is 9.83. The molecular formula is C43H44ClF8N7O5S2. The van der Waals surface area contributed by atoms with Gasteiger partial charge >= 0.3 is 0 Å². The van der Waals surface area contributed by atoms with Crippen molar-refractivity contribution in [3.63, 3.8) is 0 Å². The van der Waals surface area contributed by atoms with Crippen molar-refractivity contribution in [2.45, 2.75) is 101 Å². The number of nitrogens with zero attached hydrogens (tertiary/aromatic N) is 4. The van der Waals surface area contributed by atoms with Crippen LogP contribution in [0.4, 0.5) is 40.9 Å². The molecule has 1 saturated carbocycles. The number of hydrogen-bond donors (Lipinski definition) is 3. The molecule has 2 aromatic heterocycles. The maximum atomic E-state index is 15.9. The lowest BCUT2D eigenvalue weighted by Gasteiger charge is -2.36. The summed E-state index contributed by atoms with van der Waals surface area (Å²) >= 11 is 6.58. The molecule has 3 N–H and O–H groups in total. The third-order valence-corrected chi connectivity index (χ3v) is 15.9. The third-order valence-electron chi connectivity index (χ3n) is 12.1. The minimum absolute atomic E-state index is 0.00435. The molecule has 0 saturated heterocycles. The molecule has 1 aliphatic heterocycles. The zero-order chi connectivity index (χ0) is 48.6. The molecular weight excluding hydrogens is 946 g/mol. The minimum Gasteiger partial charge on any atom is -0.346 e. The van der Waals surface area contributed by atoms with Crippen LogP contribution in [-0.2, 0) is 37.6 Å². The maximum Gasteiger partial charge on any atom is 0.291 e. The first-order chi connectivity index (χ1) is 30.6. The number of hydrogen-bond acceptors (Lipinski definition) is 9. The van der Waals surface area contributed by atoms with E-state index in [0.717, 1.165) is 30.0 Å². The molecule has 2 aromatic carbocycles. The number of alkyl halides is 6. The number of carbonyl (C=O) groups excluding carboxylic acids is 1. The van der Waals surface area contributed by atoms with E-state index in [1.54, 1.807) is 0 Å². The van der Waals surface area contributed by atoms with Gasteiger partial charge < -0.3 is 5.32 Å². The summed E-state index contributed by atoms with van der Waals surface area (Å²) < 4.78 is 172. The van der Waals surface area contributed by atoms with Crippen molar-refractivity contribution in [3.8, 4) is 23.0 Å². The van der Waals surface area contributed by atoms with Crippen LogP contribution >= 0.6 is 11.6 Å². The smallest absolute Gasteiger partial charge is 0.291 e. The molecule has 1 fully saturated rings. The Bertz CT molecular complexity index is 2930. The van der Waals surface area contributed by atoms with Crippen LogP contribution in [0.25, 0.3) is 22.0 Å². The molecule has 356 valence electrons. The van der Waals surface area contributed by atoms with Crippen LogP contribution in [0.1, 0.15) is 70.5 Å². The summed E-state index contributed by atoms with van der Waals surface area (Å²) in [6.45, 7) is 4.35. The highest BCUT2D eigenvalue weighted by atomic mass is 35.5. The van der Waals surface area contributed by atoms with Crippen molar-refractivity contribution in [3.05, 3.63) is 87.3 Å². The summed E-state index contributed by atoms with van der Waals surface area (Å²) in [5.74, 6) is -4.19. The van der Waals surface area contributed by atoms with Crippen LogP contribution in [0.2, 0.25) is 5.02 Å². The second-order valence-electron chi connectivity index (χ2n) is 17.5.